The number of aryl methyl sites for hydroxylation is 2. The van der Waals surface area contributed by atoms with Crippen molar-refractivity contribution in [3.63, 3.8) is 0 Å². The molecule has 0 aliphatic carbocycles. The molecule has 0 spiro atoms. The Balaban J connectivity index is 2.40. The molecule has 1 saturated heterocycles. The van der Waals surface area contributed by atoms with Gasteiger partial charge in [-0.05, 0) is 37.5 Å². The minimum absolute atomic E-state index is 0.153. The number of hydrogen-bond acceptors (Lipinski definition) is 3. The van der Waals surface area contributed by atoms with Gasteiger partial charge in [-0.25, -0.2) is 0 Å². The summed E-state index contributed by atoms with van der Waals surface area (Å²) >= 11 is 0. The van der Waals surface area contributed by atoms with Gasteiger partial charge in [-0.3, -0.25) is 4.79 Å². The van der Waals surface area contributed by atoms with Crippen LogP contribution < -0.4 is 4.74 Å². The zero-order chi connectivity index (χ0) is 14.0. The molecule has 1 aliphatic heterocycles. The summed E-state index contributed by atoms with van der Waals surface area (Å²) in [5, 5.41) is 8.91. The average Bonchev–Trinajstić information content (AvgIpc) is 2.28. The SMILES string of the molecule is COc1cc(C)cc(C)c1C1(CCC(=O)O)COC1. The molecule has 0 amide bonds. The summed E-state index contributed by atoms with van der Waals surface area (Å²) in [4.78, 5) is 10.8. The highest BCUT2D eigenvalue weighted by Crippen LogP contribution is 2.43. The van der Waals surface area contributed by atoms with Crippen LogP contribution in [0.5, 0.6) is 5.75 Å². The third-order valence-corrected chi connectivity index (χ3v) is 3.77. The van der Waals surface area contributed by atoms with Crippen molar-refractivity contribution in [2.75, 3.05) is 20.3 Å². The Morgan fingerprint density at radius 1 is 1.42 bits per heavy atom. The predicted octanol–water partition coefficient (Wildman–Crippen LogP) is 2.44. The van der Waals surface area contributed by atoms with Crippen LogP contribution in [0.3, 0.4) is 0 Å². The standard InChI is InChI=1S/C15H20O4/c1-10-6-11(2)14(12(7-10)18-3)15(8-19-9-15)5-4-13(16)17/h6-7H,4-5,8-9H2,1-3H3,(H,16,17). The first kappa shape index (κ1) is 13.9. The molecule has 1 aromatic carbocycles. The number of hydrogen-bond donors (Lipinski definition) is 1. The lowest BCUT2D eigenvalue weighted by molar-refractivity contribution is -0.139. The molecule has 104 valence electrons. The van der Waals surface area contributed by atoms with Crippen LogP contribution in [-0.4, -0.2) is 31.4 Å². The summed E-state index contributed by atoms with van der Waals surface area (Å²) in [6.45, 7) is 5.22. The van der Waals surface area contributed by atoms with Crippen molar-refractivity contribution in [1.82, 2.24) is 0 Å². The molecule has 19 heavy (non-hydrogen) atoms. The van der Waals surface area contributed by atoms with Gasteiger partial charge in [-0.2, -0.15) is 0 Å². The van der Waals surface area contributed by atoms with Crippen LogP contribution in [0.4, 0.5) is 0 Å². The van der Waals surface area contributed by atoms with Gasteiger partial charge in [0.25, 0.3) is 0 Å². The fourth-order valence-corrected chi connectivity index (χ4v) is 2.88. The van der Waals surface area contributed by atoms with Gasteiger partial charge in [0.1, 0.15) is 5.75 Å². The quantitative estimate of drug-likeness (QED) is 0.887. The van der Waals surface area contributed by atoms with Crippen molar-refractivity contribution in [2.24, 2.45) is 0 Å². The van der Waals surface area contributed by atoms with E-state index in [0.717, 1.165) is 22.4 Å². The average molecular weight is 264 g/mol. The maximum absolute atomic E-state index is 10.8. The van der Waals surface area contributed by atoms with E-state index in [0.29, 0.717) is 19.6 Å². The van der Waals surface area contributed by atoms with Gasteiger partial charge in [0.2, 0.25) is 0 Å². The first-order valence-corrected chi connectivity index (χ1v) is 6.44. The maximum atomic E-state index is 10.8. The number of carboxylic acids is 1. The van der Waals surface area contributed by atoms with E-state index in [9.17, 15) is 4.79 Å². The van der Waals surface area contributed by atoms with Crippen molar-refractivity contribution in [3.8, 4) is 5.75 Å². The Bertz CT molecular complexity index is 489. The molecular formula is C15H20O4. The number of methoxy groups -OCH3 is 1. The van der Waals surface area contributed by atoms with Crippen molar-refractivity contribution in [2.45, 2.75) is 32.1 Å². The molecule has 0 atom stereocenters. The molecule has 0 aromatic heterocycles. The number of ether oxygens (including phenoxy) is 2. The second-order valence-corrected chi connectivity index (χ2v) is 5.33. The molecule has 4 nitrogen and oxygen atoms in total. The second kappa shape index (κ2) is 5.21. The van der Waals surface area contributed by atoms with E-state index in [1.165, 1.54) is 0 Å². The predicted molar refractivity (Wildman–Crippen MR) is 71.8 cm³/mol. The summed E-state index contributed by atoms with van der Waals surface area (Å²) in [5.41, 5.74) is 3.19. The van der Waals surface area contributed by atoms with Crippen molar-refractivity contribution in [3.05, 3.63) is 28.8 Å². The fraction of sp³-hybridized carbons (Fsp3) is 0.533. The van der Waals surface area contributed by atoms with Gasteiger partial charge in [0.15, 0.2) is 0 Å². The lowest BCUT2D eigenvalue weighted by Gasteiger charge is -2.43. The molecule has 0 bridgehead atoms. The number of rotatable bonds is 5. The lowest BCUT2D eigenvalue weighted by Crippen LogP contribution is -2.47. The highest BCUT2D eigenvalue weighted by Gasteiger charge is 2.43. The third-order valence-electron chi connectivity index (χ3n) is 3.77. The van der Waals surface area contributed by atoms with E-state index in [2.05, 4.69) is 6.07 Å². The minimum atomic E-state index is -0.769. The molecular weight excluding hydrogens is 244 g/mol. The fourth-order valence-electron chi connectivity index (χ4n) is 2.88. The number of benzene rings is 1. The van der Waals surface area contributed by atoms with E-state index < -0.39 is 5.97 Å². The maximum Gasteiger partial charge on any atom is 0.303 e. The highest BCUT2D eigenvalue weighted by molar-refractivity contribution is 5.67. The monoisotopic (exact) mass is 264 g/mol. The highest BCUT2D eigenvalue weighted by atomic mass is 16.5. The Hall–Kier alpha value is -1.55. The summed E-state index contributed by atoms with van der Waals surface area (Å²) in [7, 11) is 1.65. The Labute approximate surface area is 113 Å². The van der Waals surface area contributed by atoms with Crippen LogP contribution in [0.25, 0.3) is 0 Å². The van der Waals surface area contributed by atoms with E-state index >= 15 is 0 Å². The summed E-state index contributed by atoms with van der Waals surface area (Å²) in [6, 6.07) is 4.11. The molecule has 1 N–H and O–H groups in total. The third kappa shape index (κ3) is 2.59. The molecule has 2 rings (SSSR count). The molecule has 1 heterocycles. The van der Waals surface area contributed by atoms with Gasteiger partial charge in [-0.1, -0.05) is 6.07 Å². The summed E-state index contributed by atoms with van der Waals surface area (Å²) < 4.78 is 10.9. The normalized spacial score (nSPS) is 16.8. The van der Waals surface area contributed by atoms with Gasteiger partial charge in [0, 0.05) is 17.4 Å². The smallest absolute Gasteiger partial charge is 0.303 e. The largest absolute Gasteiger partial charge is 0.496 e. The zero-order valence-electron chi connectivity index (χ0n) is 11.7. The van der Waals surface area contributed by atoms with Gasteiger partial charge < -0.3 is 14.6 Å². The van der Waals surface area contributed by atoms with E-state index in [1.54, 1.807) is 7.11 Å². The van der Waals surface area contributed by atoms with Crippen LogP contribution in [0.2, 0.25) is 0 Å². The molecule has 1 aliphatic rings. The molecule has 4 heteroatoms. The van der Waals surface area contributed by atoms with Gasteiger partial charge in [0.05, 0.1) is 20.3 Å². The summed E-state index contributed by atoms with van der Waals surface area (Å²) in [5.74, 6) is 0.0706. The summed E-state index contributed by atoms with van der Waals surface area (Å²) in [6.07, 6.45) is 0.739. The molecule has 0 radical (unpaired) electrons. The lowest BCUT2D eigenvalue weighted by atomic mass is 9.72. The number of aliphatic carboxylic acids is 1. The number of carboxylic acid groups (broad SMARTS) is 1. The molecule has 0 unspecified atom stereocenters. The van der Waals surface area contributed by atoms with Crippen LogP contribution in [0, 0.1) is 13.8 Å². The van der Waals surface area contributed by atoms with Crippen LogP contribution in [0.1, 0.15) is 29.5 Å². The topological polar surface area (TPSA) is 55.8 Å². The second-order valence-electron chi connectivity index (χ2n) is 5.33. The molecule has 1 aromatic rings. The Kier molecular flexibility index (Phi) is 3.80. The van der Waals surface area contributed by atoms with E-state index in [1.807, 2.05) is 19.9 Å². The first-order valence-electron chi connectivity index (χ1n) is 6.44. The van der Waals surface area contributed by atoms with Crippen LogP contribution >= 0.6 is 0 Å². The molecule has 1 fully saturated rings. The van der Waals surface area contributed by atoms with Gasteiger partial charge in [-0.15, -0.1) is 0 Å². The number of carbonyl (C=O) groups is 1. The van der Waals surface area contributed by atoms with Crippen molar-refractivity contribution < 1.29 is 19.4 Å². The zero-order valence-corrected chi connectivity index (χ0v) is 11.7. The van der Waals surface area contributed by atoms with E-state index in [-0.39, 0.29) is 11.8 Å². The Morgan fingerprint density at radius 3 is 2.58 bits per heavy atom. The minimum Gasteiger partial charge on any atom is -0.496 e. The Morgan fingerprint density at radius 2 is 2.11 bits per heavy atom. The van der Waals surface area contributed by atoms with Crippen molar-refractivity contribution in [1.29, 1.82) is 0 Å². The van der Waals surface area contributed by atoms with Gasteiger partial charge >= 0.3 is 5.97 Å². The molecule has 0 saturated carbocycles. The van der Waals surface area contributed by atoms with Crippen LogP contribution in [-0.2, 0) is 14.9 Å². The first-order chi connectivity index (χ1) is 8.98. The van der Waals surface area contributed by atoms with Crippen molar-refractivity contribution >= 4 is 5.97 Å². The van der Waals surface area contributed by atoms with Crippen LogP contribution in [0.15, 0.2) is 12.1 Å². The van der Waals surface area contributed by atoms with E-state index in [4.69, 9.17) is 14.6 Å².